The molecule has 150 valence electrons. The first kappa shape index (κ1) is 19.3. The summed E-state index contributed by atoms with van der Waals surface area (Å²) >= 11 is 3.17. The highest BCUT2D eigenvalue weighted by Gasteiger charge is 2.24. The quantitative estimate of drug-likeness (QED) is 0.437. The van der Waals surface area contributed by atoms with Crippen LogP contribution in [0.4, 0.5) is 10.8 Å². The van der Waals surface area contributed by atoms with E-state index in [1.165, 1.54) is 12.1 Å². The first-order valence-corrected chi connectivity index (χ1v) is 10.6. The fourth-order valence-corrected chi connectivity index (χ4v) is 4.64. The number of anilines is 1. The Morgan fingerprint density at radius 2 is 1.93 bits per heavy atom. The predicted molar refractivity (Wildman–Crippen MR) is 111 cm³/mol. The summed E-state index contributed by atoms with van der Waals surface area (Å²) in [6, 6.07) is 10.0. The lowest BCUT2D eigenvalue weighted by molar-refractivity contribution is -0.385. The van der Waals surface area contributed by atoms with E-state index in [4.69, 9.17) is 4.74 Å². The second kappa shape index (κ2) is 8.53. The molecule has 4 rings (SSSR count). The van der Waals surface area contributed by atoms with Crippen LogP contribution in [0.25, 0.3) is 9.88 Å². The van der Waals surface area contributed by atoms with E-state index in [1.807, 2.05) is 17.5 Å². The number of piperazine rings is 1. The molecule has 3 aromatic rings. The number of nitro benzene ring substituents is 1. The molecule has 1 aromatic carbocycles. The van der Waals surface area contributed by atoms with Crippen LogP contribution in [0.15, 0.2) is 41.8 Å². The summed E-state index contributed by atoms with van der Waals surface area (Å²) < 4.78 is 5.40. The van der Waals surface area contributed by atoms with Crippen LogP contribution in [0, 0.1) is 10.1 Å². The van der Waals surface area contributed by atoms with E-state index in [9.17, 15) is 14.9 Å². The second-order valence-electron chi connectivity index (χ2n) is 6.25. The molecule has 29 heavy (non-hydrogen) atoms. The number of aromatic nitrogens is 2. The van der Waals surface area contributed by atoms with E-state index in [-0.39, 0.29) is 24.0 Å². The number of para-hydroxylation sites is 2. The van der Waals surface area contributed by atoms with Crippen LogP contribution >= 0.6 is 22.7 Å². The molecule has 0 aliphatic carbocycles. The third-order valence-electron chi connectivity index (χ3n) is 4.46. The Labute approximate surface area is 174 Å². The maximum Gasteiger partial charge on any atom is 0.310 e. The molecule has 0 saturated carbocycles. The average Bonchev–Trinajstić information content (AvgIpc) is 3.44. The lowest BCUT2D eigenvalue weighted by Gasteiger charge is -2.34. The highest BCUT2D eigenvalue weighted by molar-refractivity contribution is 7.22. The first-order chi connectivity index (χ1) is 14.1. The number of thiophene rings is 1. The van der Waals surface area contributed by atoms with Crippen molar-refractivity contribution in [2.24, 2.45) is 0 Å². The average molecular weight is 431 g/mol. The van der Waals surface area contributed by atoms with Gasteiger partial charge in [-0.25, -0.2) is 0 Å². The maximum atomic E-state index is 12.4. The van der Waals surface area contributed by atoms with Gasteiger partial charge in [-0.2, -0.15) is 0 Å². The minimum Gasteiger partial charge on any atom is -0.477 e. The standard InChI is InChI=1S/C18H17N5O4S2/c24-16(12-27-14-5-2-1-4-13(14)23(25)26)21-7-9-22(10-8-21)18-20-19-17(29-18)15-6-3-11-28-15/h1-6,11H,7-10,12H2. The summed E-state index contributed by atoms with van der Waals surface area (Å²) in [4.78, 5) is 27.9. The molecule has 11 heteroatoms. The largest absolute Gasteiger partial charge is 0.477 e. The summed E-state index contributed by atoms with van der Waals surface area (Å²) in [5.41, 5.74) is -0.150. The van der Waals surface area contributed by atoms with Gasteiger partial charge >= 0.3 is 5.69 Å². The molecule has 0 N–H and O–H groups in total. The van der Waals surface area contributed by atoms with Gasteiger partial charge in [-0.05, 0) is 17.5 Å². The summed E-state index contributed by atoms with van der Waals surface area (Å²) in [6.07, 6.45) is 0. The van der Waals surface area contributed by atoms with Gasteiger partial charge in [-0.3, -0.25) is 14.9 Å². The van der Waals surface area contributed by atoms with Crippen molar-refractivity contribution < 1.29 is 14.5 Å². The molecule has 0 bridgehead atoms. The number of ether oxygens (including phenoxy) is 1. The molecular weight excluding hydrogens is 414 g/mol. The van der Waals surface area contributed by atoms with Gasteiger partial charge in [-0.15, -0.1) is 21.5 Å². The SMILES string of the molecule is O=C(COc1ccccc1[N+](=O)[O-])N1CCN(c2nnc(-c3cccs3)s2)CC1. The molecule has 2 aromatic heterocycles. The van der Waals surface area contributed by atoms with Crippen LogP contribution in [0.2, 0.25) is 0 Å². The van der Waals surface area contributed by atoms with Crippen LogP contribution in [-0.4, -0.2) is 58.7 Å². The molecule has 3 heterocycles. The number of benzene rings is 1. The number of amides is 1. The molecule has 1 aliphatic heterocycles. The predicted octanol–water partition coefficient (Wildman–Crippen LogP) is 2.90. The molecular formula is C18H17N5O4S2. The van der Waals surface area contributed by atoms with Gasteiger partial charge in [0.1, 0.15) is 0 Å². The number of carbonyl (C=O) groups is 1. The third kappa shape index (κ3) is 4.35. The Hall–Kier alpha value is -3.05. The van der Waals surface area contributed by atoms with E-state index in [0.29, 0.717) is 26.2 Å². The van der Waals surface area contributed by atoms with E-state index in [0.717, 1.165) is 15.0 Å². The van der Waals surface area contributed by atoms with E-state index in [2.05, 4.69) is 15.1 Å². The van der Waals surface area contributed by atoms with Crippen molar-refractivity contribution in [3.63, 3.8) is 0 Å². The number of carbonyl (C=O) groups excluding carboxylic acids is 1. The number of hydrogen-bond donors (Lipinski definition) is 0. The highest BCUT2D eigenvalue weighted by atomic mass is 32.1. The summed E-state index contributed by atoms with van der Waals surface area (Å²) in [5.74, 6) is -0.0983. The van der Waals surface area contributed by atoms with Crippen LogP contribution in [0.3, 0.4) is 0 Å². The molecule has 0 spiro atoms. The van der Waals surface area contributed by atoms with Crippen molar-refractivity contribution >= 4 is 39.4 Å². The van der Waals surface area contributed by atoms with E-state index < -0.39 is 4.92 Å². The number of nitrogens with zero attached hydrogens (tertiary/aromatic N) is 5. The molecule has 1 amide bonds. The van der Waals surface area contributed by atoms with Gasteiger partial charge in [0, 0.05) is 32.2 Å². The van der Waals surface area contributed by atoms with Crippen molar-refractivity contribution in [1.82, 2.24) is 15.1 Å². The summed E-state index contributed by atoms with van der Waals surface area (Å²) in [7, 11) is 0. The van der Waals surface area contributed by atoms with Gasteiger partial charge in [0.2, 0.25) is 5.13 Å². The van der Waals surface area contributed by atoms with Crippen molar-refractivity contribution in [3.05, 3.63) is 51.9 Å². The van der Waals surface area contributed by atoms with Crippen LogP contribution in [-0.2, 0) is 4.79 Å². The topological polar surface area (TPSA) is 102 Å². The summed E-state index contributed by atoms with van der Waals surface area (Å²) in [5, 5.41) is 23.3. The molecule has 1 saturated heterocycles. The van der Waals surface area contributed by atoms with E-state index in [1.54, 1.807) is 39.7 Å². The van der Waals surface area contributed by atoms with Crippen molar-refractivity contribution in [3.8, 4) is 15.6 Å². The van der Waals surface area contributed by atoms with Gasteiger partial charge < -0.3 is 14.5 Å². The molecule has 1 aliphatic rings. The summed E-state index contributed by atoms with van der Waals surface area (Å²) in [6.45, 7) is 2.14. The lowest BCUT2D eigenvalue weighted by Crippen LogP contribution is -2.50. The van der Waals surface area contributed by atoms with Gasteiger partial charge in [-0.1, -0.05) is 29.5 Å². The number of hydrogen-bond acceptors (Lipinski definition) is 9. The van der Waals surface area contributed by atoms with Crippen molar-refractivity contribution in [2.45, 2.75) is 0 Å². The number of rotatable bonds is 6. The Bertz CT molecular complexity index is 999. The Kier molecular flexibility index (Phi) is 5.67. The zero-order chi connectivity index (χ0) is 20.2. The zero-order valence-corrected chi connectivity index (χ0v) is 16.9. The monoisotopic (exact) mass is 431 g/mol. The molecule has 0 radical (unpaired) electrons. The highest BCUT2D eigenvalue weighted by Crippen LogP contribution is 2.32. The van der Waals surface area contributed by atoms with Gasteiger partial charge in [0.25, 0.3) is 5.91 Å². The first-order valence-electron chi connectivity index (χ1n) is 8.88. The van der Waals surface area contributed by atoms with Crippen LogP contribution < -0.4 is 9.64 Å². The van der Waals surface area contributed by atoms with Gasteiger partial charge in [0.05, 0.1) is 9.80 Å². The second-order valence-corrected chi connectivity index (χ2v) is 8.15. The molecule has 0 atom stereocenters. The Morgan fingerprint density at radius 3 is 2.66 bits per heavy atom. The maximum absolute atomic E-state index is 12.4. The lowest BCUT2D eigenvalue weighted by atomic mass is 10.3. The fraction of sp³-hybridized carbons (Fsp3) is 0.278. The number of nitro groups is 1. The molecule has 1 fully saturated rings. The third-order valence-corrected chi connectivity index (χ3v) is 6.49. The van der Waals surface area contributed by atoms with Crippen molar-refractivity contribution in [1.29, 1.82) is 0 Å². The zero-order valence-electron chi connectivity index (χ0n) is 15.3. The van der Waals surface area contributed by atoms with Crippen LogP contribution in [0.1, 0.15) is 0 Å². The molecule has 9 nitrogen and oxygen atoms in total. The normalized spacial score (nSPS) is 14.1. The smallest absolute Gasteiger partial charge is 0.310 e. The molecule has 0 unspecified atom stereocenters. The van der Waals surface area contributed by atoms with Gasteiger partial charge in [0.15, 0.2) is 17.4 Å². The Morgan fingerprint density at radius 1 is 1.14 bits per heavy atom. The van der Waals surface area contributed by atoms with Crippen molar-refractivity contribution in [2.75, 3.05) is 37.7 Å². The minimum absolute atomic E-state index is 0.0967. The van der Waals surface area contributed by atoms with Crippen LogP contribution in [0.5, 0.6) is 5.75 Å². The minimum atomic E-state index is -0.523. The fourth-order valence-electron chi connectivity index (χ4n) is 2.95. The Balaban J connectivity index is 1.31. The van der Waals surface area contributed by atoms with E-state index >= 15 is 0 Å².